The van der Waals surface area contributed by atoms with Gasteiger partial charge in [-0.05, 0) is 92.2 Å². The van der Waals surface area contributed by atoms with Crippen LogP contribution in [0.2, 0.25) is 0 Å². The Balaban J connectivity index is 1.44. The maximum absolute atomic E-state index is 14.3. The van der Waals surface area contributed by atoms with Gasteiger partial charge in [-0.1, -0.05) is 26.8 Å². The SMILES string of the molecule is CC(C)(C)CCN1CCC2(CC[C@@H](NC(=O)CN3CCCC3=O)c3ccc(F)cc32)CC1. The molecule has 5 nitrogen and oxygen atoms in total. The fourth-order valence-electron chi connectivity index (χ4n) is 5.65. The lowest BCUT2D eigenvalue weighted by atomic mass is 9.63. The molecule has 6 heteroatoms. The molecule has 2 fully saturated rings. The van der Waals surface area contributed by atoms with E-state index in [1.165, 1.54) is 12.5 Å². The van der Waals surface area contributed by atoms with Crippen LogP contribution in [-0.4, -0.2) is 54.3 Å². The maximum atomic E-state index is 14.3. The highest BCUT2D eigenvalue weighted by Crippen LogP contribution is 2.48. The molecule has 1 atom stereocenters. The van der Waals surface area contributed by atoms with Gasteiger partial charge in [-0.3, -0.25) is 9.59 Å². The van der Waals surface area contributed by atoms with Gasteiger partial charge in [-0.15, -0.1) is 0 Å². The molecule has 32 heavy (non-hydrogen) atoms. The van der Waals surface area contributed by atoms with Crippen LogP contribution < -0.4 is 5.32 Å². The Morgan fingerprint density at radius 1 is 1.19 bits per heavy atom. The summed E-state index contributed by atoms with van der Waals surface area (Å²) in [5.74, 6) is -0.259. The molecule has 2 saturated heterocycles. The van der Waals surface area contributed by atoms with E-state index in [4.69, 9.17) is 0 Å². The summed E-state index contributed by atoms with van der Waals surface area (Å²) in [5, 5.41) is 3.14. The molecule has 1 spiro atoms. The molecule has 0 aromatic heterocycles. The van der Waals surface area contributed by atoms with E-state index in [1.54, 1.807) is 11.0 Å². The molecule has 4 rings (SSSR count). The lowest BCUT2D eigenvalue weighted by molar-refractivity contribution is -0.133. The number of fused-ring (bicyclic) bond motifs is 2. The number of likely N-dealkylation sites (tertiary alicyclic amines) is 2. The average Bonchev–Trinajstić information content (AvgIpc) is 3.13. The molecule has 176 valence electrons. The van der Waals surface area contributed by atoms with Crippen molar-refractivity contribution in [2.24, 2.45) is 5.41 Å². The van der Waals surface area contributed by atoms with Crippen molar-refractivity contribution in [3.63, 3.8) is 0 Å². The second-order valence-corrected chi connectivity index (χ2v) is 11.2. The Hall–Kier alpha value is -1.95. The highest BCUT2D eigenvalue weighted by atomic mass is 19.1. The van der Waals surface area contributed by atoms with Crippen molar-refractivity contribution in [2.75, 3.05) is 32.7 Å². The molecule has 0 unspecified atom stereocenters. The summed E-state index contributed by atoms with van der Waals surface area (Å²) in [7, 11) is 0. The number of amides is 2. The first-order valence-corrected chi connectivity index (χ1v) is 12.2. The molecule has 1 aromatic rings. The molecule has 3 aliphatic rings. The number of halogens is 1. The highest BCUT2D eigenvalue weighted by molar-refractivity contribution is 5.86. The maximum Gasteiger partial charge on any atom is 0.240 e. The highest BCUT2D eigenvalue weighted by Gasteiger charge is 2.42. The third-order valence-corrected chi connectivity index (χ3v) is 7.71. The van der Waals surface area contributed by atoms with Crippen molar-refractivity contribution in [3.05, 3.63) is 35.1 Å². The topological polar surface area (TPSA) is 52.7 Å². The zero-order chi connectivity index (χ0) is 22.9. The van der Waals surface area contributed by atoms with E-state index in [0.717, 1.165) is 62.9 Å². The van der Waals surface area contributed by atoms with Crippen LogP contribution in [0, 0.1) is 11.2 Å². The minimum atomic E-state index is -0.201. The second-order valence-electron chi connectivity index (χ2n) is 11.2. The van der Waals surface area contributed by atoms with Gasteiger partial charge in [0.25, 0.3) is 0 Å². The lowest BCUT2D eigenvalue weighted by Crippen LogP contribution is -2.47. The number of nitrogens with one attached hydrogen (secondary N) is 1. The number of piperidine rings is 1. The summed E-state index contributed by atoms with van der Waals surface area (Å²) in [5.41, 5.74) is 2.48. The molecule has 2 aliphatic heterocycles. The van der Waals surface area contributed by atoms with Gasteiger partial charge in [0.2, 0.25) is 11.8 Å². The summed E-state index contributed by atoms with van der Waals surface area (Å²) in [6.07, 6.45) is 6.44. The normalized spacial score (nSPS) is 23.4. The minimum absolute atomic E-state index is 0.00180. The fraction of sp³-hybridized carbons (Fsp3) is 0.692. The zero-order valence-corrected chi connectivity index (χ0v) is 19.9. The van der Waals surface area contributed by atoms with Crippen LogP contribution in [0.5, 0.6) is 0 Å². The van der Waals surface area contributed by atoms with E-state index >= 15 is 0 Å². The zero-order valence-electron chi connectivity index (χ0n) is 19.9. The summed E-state index contributed by atoms with van der Waals surface area (Å²) in [6, 6.07) is 4.98. The third-order valence-electron chi connectivity index (χ3n) is 7.71. The van der Waals surface area contributed by atoms with E-state index in [9.17, 15) is 14.0 Å². The van der Waals surface area contributed by atoms with Crippen molar-refractivity contribution in [1.29, 1.82) is 0 Å². The average molecular weight is 444 g/mol. The smallest absolute Gasteiger partial charge is 0.240 e. The number of hydrogen-bond acceptors (Lipinski definition) is 3. The van der Waals surface area contributed by atoms with Crippen molar-refractivity contribution in [2.45, 2.75) is 77.2 Å². The predicted octanol–water partition coefficient (Wildman–Crippen LogP) is 4.17. The van der Waals surface area contributed by atoms with Crippen molar-refractivity contribution in [1.82, 2.24) is 15.1 Å². The molecule has 0 radical (unpaired) electrons. The molecule has 1 N–H and O–H groups in total. The molecule has 2 amide bonds. The van der Waals surface area contributed by atoms with Crippen molar-refractivity contribution >= 4 is 11.8 Å². The first kappa shape index (κ1) is 23.2. The predicted molar refractivity (Wildman–Crippen MR) is 124 cm³/mol. The number of rotatable bonds is 5. The number of carbonyl (C=O) groups is 2. The fourth-order valence-corrected chi connectivity index (χ4v) is 5.65. The van der Waals surface area contributed by atoms with Gasteiger partial charge in [0.1, 0.15) is 5.82 Å². The summed E-state index contributed by atoms with van der Waals surface area (Å²) in [4.78, 5) is 28.7. The van der Waals surface area contributed by atoms with Crippen molar-refractivity contribution in [3.8, 4) is 0 Å². The Morgan fingerprint density at radius 2 is 1.94 bits per heavy atom. The van der Waals surface area contributed by atoms with Crippen LogP contribution in [0.3, 0.4) is 0 Å². The first-order valence-electron chi connectivity index (χ1n) is 12.2. The van der Waals surface area contributed by atoms with Gasteiger partial charge in [0.05, 0.1) is 12.6 Å². The van der Waals surface area contributed by atoms with Crippen LogP contribution in [0.1, 0.15) is 82.9 Å². The van der Waals surface area contributed by atoms with E-state index in [2.05, 4.69) is 31.0 Å². The Morgan fingerprint density at radius 3 is 2.59 bits per heavy atom. The number of nitrogens with zero attached hydrogens (tertiary/aromatic N) is 2. The van der Waals surface area contributed by atoms with E-state index in [-0.39, 0.29) is 35.6 Å². The van der Waals surface area contributed by atoms with E-state index in [0.29, 0.717) is 18.4 Å². The molecular formula is C26H38FN3O2. The van der Waals surface area contributed by atoms with E-state index in [1.807, 2.05) is 6.07 Å². The van der Waals surface area contributed by atoms with Crippen molar-refractivity contribution < 1.29 is 14.0 Å². The van der Waals surface area contributed by atoms with Gasteiger partial charge >= 0.3 is 0 Å². The van der Waals surface area contributed by atoms with Gasteiger partial charge in [-0.25, -0.2) is 4.39 Å². The number of carbonyl (C=O) groups excluding carboxylic acids is 2. The molecule has 0 saturated carbocycles. The van der Waals surface area contributed by atoms with Gasteiger partial charge < -0.3 is 15.1 Å². The lowest BCUT2D eigenvalue weighted by Gasteiger charge is -2.47. The van der Waals surface area contributed by atoms with Crippen LogP contribution in [0.4, 0.5) is 4.39 Å². The quantitative estimate of drug-likeness (QED) is 0.743. The number of benzene rings is 1. The molecule has 2 heterocycles. The van der Waals surface area contributed by atoms with Crippen LogP contribution in [-0.2, 0) is 15.0 Å². The Kier molecular flexibility index (Phi) is 6.62. The second kappa shape index (κ2) is 9.12. The summed E-state index contributed by atoms with van der Waals surface area (Å²) in [6.45, 7) is 10.8. The molecular weight excluding hydrogens is 405 g/mol. The summed E-state index contributed by atoms with van der Waals surface area (Å²) >= 11 is 0. The largest absolute Gasteiger partial charge is 0.348 e. The monoisotopic (exact) mass is 443 g/mol. The third kappa shape index (κ3) is 5.16. The molecule has 1 aromatic carbocycles. The molecule has 1 aliphatic carbocycles. The standard InChI is InChI=1S/C26H38FN3O2/c1-25(2,3)10-14-29-15-11-26(12-16-29)9-8-22(20-7-6-19(27)17-21(20)26)28-23(31)18-30-13-4-5-24(30)32/h6-7,17,22H,4-5,8-16,18H2,1-3H3,(H,28,31)/t22-/m1/s1. The van der Waals surface area contributed by atoms with Gasteiger partial charge in [-0.2, -0.15) is 0 Å². The molecule has 0 bridgehead atoms. The van der Waals surface area contributed by atoms with Gasteiger partial charge in [0.15, 0.2) is 0 Å². The van der Waals surface area contributed by atoms with E-state index < -0.39 is 0 Å². The number of hydrogen-bond donors (Lipinski definition) is 1. The Labute approximate surface area is 191 Å². The first-order chi connectivity index (χ1) is 15.2. The summed E-state index contributed by atoms with van der Waals surface area (Å²) < 4.78 is 14.3. The van der Waals surface area contributed by atoms with Crippen LogP contribution in [0.15, 0.2) is 18.2 Å². The Bertz CT molecular complexity index is 855. The minimum Gasteiger partial charge on any atom is -0.348 e. The van der Waals surface area contributed by atoms with Gasteiger partial charge in [0, 0.05) is 13.0 Å². The van der Waals surface area contributed by atoms with Crippen LogP contribution in [0.25, 0.3) is 0 Å². The van der Waals surface area contributed by atoms with Crippen LogP contribution >= 0.6 is 0 Å².